The number of benzene rings is 1. The van der Waals surface area contributed by atoms with Gasteiger partial charge in [-0.15, -0.1) is 24.0 Å². The zero-order valence-corrected chi connectivity index (χ0v) is 15.3. The molecule has 4 N–H and O–H groups in total. The van der Waals surface area contributed by atoms with Crippen molar-refractivity contribution in [1.82, 2.24) is 10.6 Å². The largest absolute Gasteiger partial charge is 0.493 e. The number of fused-ring (bicyclic) bond motifs is 1. The molecule has 7 heteroatoms. The van der Waals surface area contributed by atoms with Crippen molar-refractivity contribution in [3.05, 3.63) is 29.8 Å². The molecule has 3 rings (SSSR count). The van der Waals surface area contributed by atoms with Crippen molar-refractivity contribution < 1.29 is 9.53 Å². The number of hydrogen-bond acceptors (Lipinski definition) is 3. The summed E-state index contributed by atoms with van der Waals surface area (Å²) in [5, 5.41) is 6.20. The summed E-state index contributed by atoms with van der Waals surface area (Å²) in [6.07, 6.45) is 3.36. The van der Waals surface area contributed by atoms with Gasteiger partial charge in [0.25, 0.3) is 0 Å². The third-order valence-electron chi connectivity index (χ3n) is 4.08. The molecular formula is C16H23IN4O2. The van der Waals surface area contributed by atoms with Crippen LogP contribution in [0.5, 0.6) is 5.75 Å². The Balaban J connectivity index is 0.00000192. The molecule has 0 saturated carbocycles. The molecule has 23 heavy (non-hydrogen) atoms. The van der Waals surface area contributed by atoms with E-state index in [0.717, 1.165) is 30.6 Å². The number of carbonyl (C=O) groups excluding carboxylic acids is 1. The van der Waals surface area contributed by atoms with Crippen LogP contribution in [0.4, 0.5) is 0 Å². The molecule has 1 fully saturated rings. The van der Waals surface area contributed by atoms with Crippen LogP contribution in [0.15, 0.2) is 29.3 Å². The fraction of sp³-hybridized carbons (Fsp3) is 0.500. The Hall–Kier alpha value is -1.51. The summed E-state index contributed by atoms with van der Waals surface area (Å²) in [5.74, 6) is 1.43. The predicted octanol–water partition coefficient (Wildman–Crippen LogP) is 1.70. The van der Waals surface area contributed by atoms with Crippen LogP contribution in [0, 0.1) is 0 Å². The molecule has 126 valence electrons. The number of nitrogens with two attached hydrogens (primary N) is 1. The van der Waals surface area contributed by atoms with Crippen molar-refractivity contribution in [1.29, 1.82) is 0 Å². The lowest BCUT2D eigenvalue weighted by Gasteiger charge is -2.27. The monoisotopic (exact) mass is 430 g/mol. The fourth-order valence-electron chi connectivity index (χ4n) is 2.94. The molecule has 2 unspecified atom stereocenters. The maximum Gasteiger partial charge on any atom is 0.220 e. The van der Waals surface area contributed by atoms with E-state index in [1.807, 2.05) is 24.3 Å². The number of amides is 1. The van der Waals surface area contributed by atoms with E-state index >= 15 is 0 Å². The molecule has 0 aromatic heterocycles. The first-order valence-corrected chi connectivity index (χ1v) is 7.80. The molecule has 1 amide bonds. The summed E-state index contributed by atoms with van der Waals surface area (Å²) in [5.41, 5.74) is 7.11. The number of nitrogens with zero attached hydrogens (tertiary/aromatic N) is 1. The maximum absolute atomic E-state index is 11.4. The van der Waals surface area contributed by atoms with Crippen LogP contribution in [0.25, 0.3) is 0 Å². The van der Waals surface area contributed by atoms with Gasteiger partial charge in [-0.25, -0.2) is 0 Å². The van der Waals surface area contributed by atoms with Crippen molar-refractivity contribution in [2.24, 2.45) is 10.7 Å². The SMILES string of the molecule is I.NC(=NCC1CCCC(=O)N1)NC1CCOc2ccccc21. The highest BCUT2D eigenvalue weighted by Gasteiger charge is 2.22. The first kappa shape index (κ1) is 17.8. The number of rotatable bonds is 3. The standard InChI is InChI=1S/C16H22N4O2.HI/c17-16(18-10-11-4-3-7-15(21)19-11)20-13-8-9-22-14-6-2-1-5-12(13)14;/h1-2,5-6,11,13H,3-4,7-10H2,(H,19,21)(H3,17,18,20);1H. The second-order valence-electron chi connectivity index (χ2n) is 5.75. The van der Waals surface area contributed by atoms with Crippen molar-refractivity contribution in [3.8, 4) is 5.75 Å². The van der Waals surface area contributed by atoms with Crippen LogP contribution in [-0.2, 0) is 4.79 Å². The van der Waals surface area contributed by atoms with Crippen molar-refractivity contribution in [3.63, 3.8) is 0 Å². The van der Waals surface area contributed by atoms with E-state index < -0.39 is 0 Å². The lowest BCUT2D eigenvalue weighted by atomic mass is 10.0. The molecule has 2 aliphatic rings. The molecule has 1 saturated heterocycles. The highest BCUT2D eigenvalue weighted by Crippen LogP contribution is 2.31. The van der Waals surface area contributed by atoms with Gasteiger partial charge in [0.1, 0.15) is 5.75 Å². The molecule has 2 atom stereocenters. The number of carbonyl (C=O) groups is 1. The van der Waals surface area contributed by atoms with E-state index in [4.69, 9.17) is 10.5 Å². The maximum atomic E-state index is 11.4. The van der Waals surface area contributed by atoms with Gasteiger partial charge in [-0.3, -0.25) is 9.79 Å². The number of ether oxygens (including phenoxy) is 1. The molecule has 2 aliphatic heterocycles. The van der Waals surface area contributed by atoms with Crippen LogP contribution < -0.4 is 21.1 Å². The molecule has 0 bridgehead atoms. The Morgan fingerprint density at radius 1 is 1.39 bits per heavy atom. The van der Waals surface area contributed by atoms with E-state index in [9.17, 15) is 4.79 Å². The lowest BCUT2D eigenvalue weighted by Crippen LogP contribution is -2.42. The number of piperidine rings is 1. The zero-order chi connectivity index (χ0) is 15.4. The van der Waals surface area contributed by atoms with Crippen LogP contribution >= 0.6 is 24.0 Å². The molecule has 0 spiro atoms. The quantitative estimate of drug-likeness (QED) is 0.387. The molecular weight excluding hydrogens is 407 g/mol. The smallest absolute Gasteiger partial charge is 0.220 e. The second-order valence-corrected chi connectivity index (χ2v) is 5.75. The van der Waals surface area contributed by atoms with Gasteiger partial charge in [0, 0.05) is 24.4 Å². The van der Waals surface area contributed by atoms with E-state index in [2.05, 4.69) is 15.6 Å². The number of aliphatic imine (C=N–C) groups is 1. The van der Waals surface area contributed by atoms with Gasteiger partial charge in [-0.05, 0) is 18.9 Å². The zero-order valence-electron chi connectivity index (χ0n) is 13.0. The topological polar surface area (TPSA) is 88.7 Å². The summed E-state index contributed by atoms with van der Waals surface area (Å²) in [6.45, 7) is 1.19. The second kappa shape index (κ2) is 8.37. The van der Waals surface area contributed by atoms with Gasteiger partial charge in [-0.2, -0.15) is 0 Å². The summed E-state index contributed by atoms with van der Waals surface area (Å²) >= 11 is 0. The van der Waals surface area contributed by atoms with Gasteiger partial charge in [0.15, 0.2) is 5.96 Å². The molecule has 2 heterocycles. The summed E-state index contributed by atoms with van der Waals surface area (Å²) in [7, 11) is 0. The summed E-state index contributed by atoms with van der Waals surface area (Å²) < 4.78 is 5.63. The first-order chi connectivity index (χ1) is 10.7. The van der Waals surface area contributed by atoms with Crippen LogP contribution in [0.3, 0.4) is 0 Å². The third kappa shape index (κ3) is 4.73. The van der Waals surface area contributed by atoms with Gasteiger partial charge in [0.2, 0.25) is 5.91 Å². The van der Waals surface area contributed by atoms with E-state index in [-0.39, 0.29) is 42.0 Å². The fourth-order valence-corrected chi connectivity index (χ4v) is 2.94. The Bertz CT molecular complexity index is 579. The van der Waals surface area contributed by atoms with Crippen molar-refractivity contribution in [2.45, 2.75) is 37.8 Å². The molecule has 0 aliphatic carbocycles. The third-order valence-corrected chi connectivity index (χ3v) is 4.08. The molecule has 1 aromatic rings. The number of nitrogens with one attached hydrogen (secondary N) is 2. The number of para-hydroxylation sites is 1. The summed E-state index contributed by atoms with van der Waals surface area (Å²) in [6, 6.07) is 8.19. The molecule has 1 aromatic carbocycles. The Morgan fingerprint density at radius 2 is 2.22 bits per heavy atom. The van der Waals surface area contributed by atoms with Crippen LogP contribution in [0.1, 0.15) is 37.3 Å². The Kier molecular flexibility index (Phi) is 6.49. The average Bonchev–Trinajstić information content (AvgIpc) is 2.53. The number of halogens is 1. The predicted molar refractivity (Wildman–Crippen MR) is 100 cm³/mol. The summed E-state index contributed by atoms with van der Waals surface area (Å²) in [4.78, 5) is 15.7. The normalized spacial score (nSPS) is 23.8. The Labute approximate surface area is 153 Å². The van der Waals surface area contributed by atoms with Crippen molar-refractivity contribution >= 4 is 35.8 Å². The van der Waals surface area contributed by atoms with Gasteiger partial charge in [0.05, 0.1) is 19.2 Å². The number of hydrogen-bond donors (Lipinski definition) is 3. The van der Waals surface area contributed by atoms with E-state index in [1.54, 1.807) is 0 Å². The van der Waals surface area contributed by atoms with Gasteiger partial charge < -0.3 is 21.1 Å². The van der Waals surface area contributed by atoms with Crippen LogP contribution in [0.2, 0.25) is 0 Å². The minimum atomic E-state index is 0. The van der Waals surface area contributed by atoms with Gasteiger partial charge in [-0.1, -0.05) is 18.2 Å². The van der Waals surface area contributed by atoms with E-state index in [0.29, 0.717) is 25.5 Å². The van der Waals surface area contributed by atoms with Gasteiger partial charge >= 0.3 is 0 Å². The van der Waals surface area contributed by atoms with Crippen molar-refractivity contribution in [2.75, 3.05) is 13.2 Å². The molecule has 6 nitrogen and oxygen atoms in total. The lowest BCUT2D eigenvalue weighted by molar-refractivity contribution is -0.123. The minimum Gasteiger partial charge on any atom is -0.493 e. The Morgan fingerprint density at radius 3 is 3.04 bits per heavy atom. The number of guanidine groups is 1. The van der Waals surface area contributed by atoms with E-state index in [1.165, 1.54) is 0 Å². The highest BCUT2D eigenvalue weighted by molar-refractivity contribution is 14.0. The minimum absolute atomic E-state index is 0. The average molecular weight is 430 g/mol. The first-order valence-electron chi connectivity index (χ1n) is 7.80. The highest BCUT2D eigenvalue weighted by atomic mass is 127. The van der Waals surface area contributed by atoms with Crippen LogP contribution in [-0.4, -0.2) is 31.1 Å². The molecule has 0 radical (unpaired) electrons.